The van der Waals surface area contributed by atoms with Gasteiger partial charge in [0.25, 0.3) is 0 Å². The molecule has 3 heteroatoms. The molecule has 0 atom stereocenters. The highest BCUT2D eigenvalue weighted by Gasteiger charge is 2.31. The number of ketones is 2. The van der Waals surface area contributed by atoms with Crippen LogP contribution >= 0.6 is 20.7 Å². The Morgan fingerprint density at radius 2 is 1.29 bits per heavy atom. The van der Waals surface area contributed by atoms with E-state index in [2.05, 4.69) is 0 Å². The lowest BCUT2D eigenvalue weighted by Gasteiger charge is -2.21. The summed E-state index contributed by atoms with van der Waals surface area (Å²) >= 11 is -0.647. The first-order chi connectivity index (χ1) is 10.2. The molecular weight excluding hydrogens is 375 g/mol. The third kappa shape index (κ3) is 3.35. The van der Waals surface area contributed by atoms with E-state index in [9.17, 15) is 9.59 Å². The first-order valence-corrected chi connectivity index (χ1v) is 9.08. The summed E-state index contributed by atoms with van der Waals surface area (Å²) in [6.07, 6.45) is 0.940. The molecule has 0 unspecified atom stereocenters. The predicted octanol–water partition coefficient (Wildman–Crippen LogP) is 3.72. The van der Waals surface area contributed by atoms with Gasteiger partial charge in [-0.15, -0.1) is 0 Å². The van der Waals surface area contributed by atoms with Crippen LogP contribution < -0.4 is 0 Å². The lowest BCUT2D eigenvalue weighted by molar-refractivity contribution is -0.119. The Hall–Kier alpha value is -1.62. The third-order valence-electron chi connectivity index (χ3n) is 3.56. The first-order valence-electron chi connectivity index (χ1n) is 6.92. The van der Waals surface area contributed by atoms with Crippen molar-refractivity contribution in [1.82, 2.24) is 0 Å². The average Bonchev–Trinajstić information content (AvgIpc) is 2.52. The number of hydrogen-bond acceptors (Lipinski definition) is 2. The second-order valence-electron chi connectivity index (χ2n) is 5.07. The highest BCUT2D eigenvalue weighted by molar-refractivity contribution is 14.2. The molecule has 1 aliphatic carbocycles. The molecule has 0 radical (unpaired) electrons. The van der Waals surface area contributed by atoms with Crippen molar-refractivity contribution in [2.45, 2.75) is 18.8 Å². The van der Waals surface area contributed by atoms with Crippen LogP contribution in [0.1, 0.15) is 24.3 Å². The van der Waals surface area contributed by atoms with Gasteiger partial charge in [-0.3, -0.25) is 9.59 Å². The number of hydrogen-bond donors (Lipinski definition) is 0. The molecule has 1 fully saturated rings. The largest absolute Gasteiger partial charge is 0.294 e. The number of carbonyl (C=O) groups is 2. The lowest BCUT2D eigenvalue weighted by Crippen LogP contribution is -2.31. The molecular formula is C18H15IO2. The maximum atomic E-state index is 12.4. The van der Waals surface area contributed by atoms with Crippen LogP contribution in [0.25, 0.3) is 0 Å². The molecule has 0 aromatic heterocycles. The molecule has 0 aliphatic heterocycles. The molecule has 0 spiro atoms. The number of benzene rings is 2. The number of carbonyl (C=O) groups excluding carboxylic acids is 2. The zero-order valence-corrected chi connectivity index (χ0v) is 13.6. The summed E-state index contributed by atoms with van der Waals surface area (Å²) in [5, 5.41) is 0. The maximum absolute atomic E-state index is 12.4. The molecule has 2 aromatic rings. The molecule has 0 amide bonds. The first kappa shape index (κ1) is 14.3. The number of rotatable bonds is 2. The minimum absolute atomic E-state index is 0.0507. The van der Waals surface area contributed by atoms with Crippen LogP contribution in [0.2, 0.25) is 0 Å². The monoisotopic (exact) mass is 390 g/mol. The summed E-state index contributed by atoms with van der Waals surface area (Å²) in [5.74, 6) is 0.156. The predicted molar refractivity (Wildman–Crippen MR) is 92.6 cm³/mol. The highest BCUT2D eigenvalue weighted by Crippen LogP contribution is 2.30. The Morgan fingerprint density at radius 1 is 0.762 bits per heavy atom. The minimum Gasteiger partial charge on any atom is -0.294 e. The van der Waals surface area contributed by atoms with E-state index in [4.69, 9.17) is 0 Å². The van der Waals surface area contributed by atoms with Gasteiger partial charge < -0.3 is 0 Å². The summed E-state index contributed by atoms with van der Waals surface area (Å²) in [6, 6.07) is 19.8. The van der Waals surface area contributed by atoms with E-state index >= 15 is 0 Å². The maximum Gasteiger partial charge on any atom is 0.172 e. The summed E-state index contributed by atoms with van der Waals surface area (Å²) in [4.78, 5) is 24.7. The average molecular weight is 390 g/mol. The fraction of sp³-hybridized carbons (Fsp3) is 0.167. The number of halogens is 1. The van der Waals surface area contributed by atoms with Crippen LogP contribution in [0.3, 0.4) is 0 Å². The Labute approximate surface area is 133 Å². The Kier molecular flexibility index (Phi) is 4.39. The van der Waals surface area contributed by atoms with Gasteiger partial charge in [0.1, 0.15) is 0 Å². The second-order valence-corrected chi connectivity index (χ2v) is 7.93. The summed E-state index contributed by atoms with van der Waals surface area (Å²) in [6.45, 7) is 0. The molecule has 0 heterocycles. The van der Waals surface area contributed by atoms with Crippen molar-refractivity contribution in [2.24, 2.45) is 0 Å². The molecule has 1 aliphatic rings. The molecule has 1 saturated carbocycles. The molecule has 106 valence electrons. The summed E-state index contributed by atoms with van der Waals surface area (Å²) in [5.41, 5.74) is 1.09. The standard InChI is InChI=1S/C18H15IO2/c20-16-11-14(13-7-3-1-4-8-13)12-17(21)18(16)19-15-9-5-2-6-10-15/h1-10,14H,11-12H2. The van der Waals surface area contributed by atoms with Crippen molar-refractivity contribution in [1.29, 1.82) is 0 Å². The number of Topliss-reactive ketones (excluding diaryl/α,β-unsaturated/α-hetero) is 2. The van der Waals surface area contributed by atoms with Crippen LogP contribution in [-0.2, 0) is 9.59 Å². The van der Waals surface area contributed by atoms with Crippen molar-refractivity contribution in [3.63, 3.8) is 0 Å². The minimum atomic E-state index is -0.647. The molecule has 3 rings (SSSR count). The fourth-order valence-corrected chi connectivity index (χ4v) is 4.95. The quantitative estimate of drug-likeness (QED) is 0.733. The normalized spacial score (nSPS) is 18.9. The lowest BCUT2D eigenvalue weighted by atomic mass is 9.83. The van der Waals surface area contributed by atoms with E-state index in [1.165, 1.54) is 0 Å². The van der Waals surface area contributed by atoms with Gasteiger partial charge >= 0.3 is 0 Å². The zero-order valence-electron chi connectivity index (χ0n) is 11.5. The van der Waals surface area contributed by atoms with E-state index in [1.807, 2.05) is 60.7 Å². The fourth-order valence-electron chi connectivity index (χ4n) is 2.51. The smallest absolute Gasteiger partial charge is 0.172 e. The van der Waals surface area contributed by atoms with E-state index in [1.54, 1.807) is 0 Å². The molecule has 0 bridgehead atoms. The summed E-state index contributed by atoms with van der Waals surface area (Å²) < 4.78 is 1.71. The summed E-state index contributed by atoms with van der Waals surface area (Å²) in [7, 11) is 0. The van der Waals surface area contributed by atoms with Gasteiger partial charge in [-0.25, -0.2) is 0 Å². The van der Waals surface area contributed by atoms with E-state index in [0.717, 1.165) is 9.13 Å². The van der Waals surface area contributed by atoms with Crippen molar-refractivity contribution in [2.75, 3.05) is 0 Å². The molecule has 2 aromatic carbocycles. The van der Waals surface area contributed by atoms with Crippen molar-refractivity contribution >= 4 is 35.8 Å². The van der Waals surface area contributed by atoms with Gasteiger partial charge in [-0.2, -0.15) is 0 Å². The third-order valence-corrected chi connectivity index (χ3v) is 6.65. The Balaban J connectivity index is 1.84. The van der Waals surface area contributed by atoms with Gasteiger partial charge in [0.05, 0.1) is 3.51 Å². The van der Waals surface area contributed by atoms with Crippen LogP contribution in [0.15, 0.2) is 60.7 Å². The van der Waals surface area contributed by atoms with Crippen molar-refractivity contribution < 1.29 is 9.59 Å². The van der Waals surface area contributed by atoms with Crippen LogP contribution in [0.4, 0.5) is 0 Å². The van der Waals surface area contributed by atoms with Gasteiger partial charge in [-0.05, 0) is 23.6 Å². The van der Waals surface area contributed by atoms with Crippen LogP contribution in [0.5, 0.6) is 0 Å². The van der Waals surface area contributed by atoms with E-state index in [0.29, 0.717) is 16.4 Å². The zero-order chi connectivity index (χ0) is 14.7. The Morgan fingerprint density at radius 3 is 1.86 bits per heavy atom. The van der Waals surface area contributed by atoms with Gasteiger partial charge in [0.2, 0.25) is 0 Å². The van der Waals surface area contributed by atoms with Crippen molar-refractivity contribution in [3.05, 3.63) is 69.8 Å². The van der Waals surface area contributed by atoms with Gasteiger partial charge in [-0.1, -0.05) is 69.3 Å². The van der Waals surface area contributed by atoms with Gasteiger partial charge in [0.15, 0.2) is 11.6 Å². The van der Waals surface area contributed by atoms with E-state index in [-0.39, 0.29) is 17.5 Å². The topological polar surface area (TPSA) is 34.1 Å². The molecule has 21 heavy (non-hydrogen) atoms. The van der Waals surface area contributed by atoms with Crippen LogP contribution in [-0.4, -0.2) is 15.1 Å². The second kappa shape index (κ2) is 6.43. The SMILES string of the molecule is O=C1CC(c2ccccc2)CC(=O)C1=Ic1ccccc1. The molecule has 0 N–H and O–H groups in total. The van der Waals surface area contributed by atoms with E-state index < -0.39 is 20.7 Å². The van der Waals surface area contributed by atoms with Crippen molar-refractivity contribution in [3.8, 4) is 0 Å². The van der Waals surface area contributed by atoms with Crippen LogP contribution in [0, 0.1) is 3.57 Å². The van der Waals surface area contributed by atoms with Gasteiger partial charge in [0, 0.05) is 16.4 Å². The molecule has 2 nitrogen and oxygen atoms in total. The molecule has 0 saturated heterocycles. The Bertz CT molecular complexity index is 670. The highest BCUT2D eigenvalue weighted by atomic mass is 127.